The van der Waals surface area contributed by atoms with E-state index in [1.807, 2.05) is 0 Å². The van der Waals surface area contributed by atoms with Crippen LogP contribution in [0.5, 0.6) is 0 Å². The summed E-state index contributed by atoms with van der Waals surface area (Å²) in [4.78, 5) is 39.4. The topological polar surface area (TPSA) is 123 Å². The van der Waals surface area contributed by atoms with Gasteiger partial charge in [-0.1, -0.05) is 30.3 Å². The van der Waals surface area contributed by atoms with Crippen molar-refractivity contribution < 1.29 is 32.0 Å². The number of nitrogens with zero attached hydrogens (tertiary/aromatic N) is 1. The normalized spacial score (nSPS) is 21.7. The van der Waals surface area contributed by atoms with Gasteiger partial charge in [0.05, 0.1) is 29.4 Å². The maximum Gasteiger partial charge on any atom is 0.255 e. The number of likely N-dealkylation sites (tertiary alicyclic amines) is 1. The Bertz CT molecular complexity index is 1070. The molecule has 3 heterocycles. The third-order valence-electron chi connectivity index (χ3n) is 5.43. The van der Waals surface area contributed by atoms with E-state index in [0.717, 1.165) is 0 Å². The second-order valence-corrected chi connectivity index (χ2v) is 9.77. The average molecular weight is 446 g/mol. The first kappa shape index (κ1) is 21.3. The van der Waals surface area contributed by atoms with Gasteiger partial charge in [-0.25, -0.2) is 8.42 Å². The van der Waals surface area contributed by atoms with E-state index in [9.17, 15) is 22.8 Å². The highest BCUT2D eigenvalue weighted by molar-refractivity contribution is 7.90. The molecular weight excluding hydrogens is 424 g/mol. The summed E-state index contributed by atoms with van der Waals surface area (Å²) in [5.41, 5.74) is 0.744. The molecule has 2 amide bonds. The molecule has 2 aliphatic rings. The first-order valence-electron chi connectivity index (χ1n) is 9.86. The second-order valence-electron chi connectivity index (χ2n) is 7.66. The quantitative estimate of drug-likeness (QED) is 0.659. The van der Waals surface area contributed by atoms with E-state index in [4.69, 9.17) is 9.15 Å². The van der Waals surface area contributed by atoms with E-state index < -0.39 is 39.5 Å². The summed E-state index contributed by atoms with van der Waals surface area (Å²) in [6.07, 6.45) is 2.61. The maximum atomic E-state index is 13.3. The number of Topliss-reactive ketones (excluding diaryl/α,β-unsaturated/α-hetero) is 1. The highest BCUT2D eigenvalue weighted by Gasteiger charge is 2.48. The van der Waals surface area contributed by atoms with Gasteiger partial charge < -0.3 is 19.4 Å². The Morgan fingerprint density at radius 2 is 1.97 bits per heavy atom. The fraction of sp³-hybridized carbons (Fsp3) is 0.381. The number of rotatable bonds is 7. The number of hydrogen-bond acceptors (Lipinski definition) is 7. The van der Waals surface area contributed by atoms with E-state index in [2.05, 4.69) is 5.32 Å². The SMILES string of the molecule is O=C(NC(CS(=O)(=O)Cc1ccccc1)C(=O)N1CCC2OCC(=O)C21)c1ccoc1. The lowest BCUT2D eigenvalue weighted by Gasteiger charge is -2.27. The van der Waals surface area contributed by atoms with Gasteiger partial charge in [-0.3, -0.25) is 14.4 Å². The van der Waals surface area contributed by atoms with Gasteiger partial charge >= 0.3 is 0 Å². The largest absolute Gasteiger partial charge is 0.472 e. The van der Waals surface area contributed by atoms with E-state index in [0.29, 0.717) is 12.0 Å². The highest BCUT2D eigenvalue weighted by atomic mass is 32.2. The summed E-state index contributed by atoms with van der Waals surface area (Å²) in [5, 5.41) is 2.51. The Kier molecular flexibility index (Phi) is 5.92. The summed E-state index contributed by atoms with van der Waals surface area (Å²) >= 11 is 0. The van der Waals surface area contributed by atoms with Crippen LogP contribution in [0.3, 0.4) is 0 Å². The molecule has 0 saturated carbocycles. The Labute approximate surface area is 179 Å². The Hall–Kier alpha value is -2.98. The molecule has 3 atom stereocenters. The first-order valence-corrected chi connectivity index (χ1v) is 11.7. The number of carbonyl (C=O) groups excluding carboxylic acids is 3. The third-order valence-corrected chi connectivity index (χ3v) is 7.05. The molecule has 2 fully saturated rings. The van der Waals surface area contributed by atoms with Crippen LogP contribution in [-0.2, 0) is 29.9 Å². The van der Waals surface area contributed by atoms with Crippen molar-refractivity contribution in [1.29, 1.82) is 0 Å². The van der Waals surface area contributed by atoms with E-state index in [1.54, 1.807) is 30.3 Å². The van der Waals surface area contributed by atoms with Crippen molar-refractivity contribution in [3.05, 3.63) is 60.1 Å². The lowest BCUT2D eigenvalue weighted by atomic mass is 10.1. The zero-order chi connectivity index (χ0) is 22.0. The minimum atomic E-state index is -3.76. The molecule has 1 aromatic carbocycles. The van der Waals surface area contributed by atoms with Crippen LogP contribution in [0.25, 0.3) is 0 Å². The molecule has 1 aromatic heterocycles. The Balaban J connectivity index is 1.56. The monoisotopic (exact) mass is 446 g/mol. The summed E-state index contributed by atoms with van der Waals surface area (Å²) in [6.45, 7) is 0.189. The first-order chi connectivity index (χ1) is 14.8. The summed E-state index contributed by atoms with van der Waals surface area (Å²) < 4.78 is 36.0. The zero-order valence-corrected chi connectivity index (χ0v) is 17.4. The van der Waals surface area contributed by atoms with Gasteiger partial charge in [0.2, 0.25) is 5.91 Å². The maximum absolute atomic E-state index is 13.3. The van der Waals surface area contributed by atoms with Gasteiger partial charge in [0, 0.05) is 6.54 Å². The number of amides is 2. The minimum Gasteiger partial charge on any atom is -0.472 e. The Morgan fingerprint density at radius 1 is 1.19 bits per heavy atom. The van der Waals surface area contributed by atoms with Gasteiger partial charge in [-0.05, 0) is 18.1 Å². The van der Waals surface area contributed by atoms with Gasteiger partial charge in [-0.2, -0.15) is 0 Å². The fourth-order valence-electron chi connectivity index (χ4n) is 3.99. The van der Waals surface area contributed by atoms with Crippen LogP contribution in [0.15, 0.2) is 53.3 Å². The average Bonchev–Trinajstić information content (AvgIpc) is 3.47. The number of benzene rings is 1. The smallest absolute Gasteiger partial charge is 0.255 e. The highest BCUT2D eigenvalue weighted by Crippen LogP contribution is 2.27. The number of fused-ring (bicyclic) bond motifs is 1. The molecule has 2 saturated heterocycles. The zero-order valence-electron chi connectivity index (χ0n) is 16.6. The van der Waals surface area contributed by atoms with Crippen molar-refractivity contribution in [3.8, 4) is 0 Å². The number of carbonyl (C=O) groups is 3. The molecule has 0 spiro atoms. The summed E-state index contributed by atoms with van der Waals surface area (Å²) in [6, 6.07) is 7.92. The van der Waals surface area contributed by atoms with Crippen LogP contribution in [0, 0.1) is 0 Å². The van der Waals surface area contributed by atoms with E-state index in [1.165, 1.54) is 23.5 Å². The van der Waals surface area contributed by atoms with Crippen molar-refractivity contribution in [2.75, 3.05) is 18.9 Å². The summed E-state index contributed by atoms with van der Waals surface area (Å²) in [7, 11) is -3.76. The standard InChI is InChI=1S/C21H22N2O7S/c24-17-11-30-18-6-8-23(19(17)18)21(26)16(22-20(25)15-7-9-29-10-15)13-31(27,28)12-14-4-2-1-3-5-14/h1-5,7,9-10,16,18-19H,6,8,11-13H2,(H,22,25). The Morgan fingerprint density at radius 3 is 2.68 bits per heavy atom. The lowest BCUT2D eigenvalue weighted by molar-refractivity contribution is -0.137. The minimum absolute atomic E-state index is 0.0720. The predicted molar refractivity (Wildman–Crippen MR) is 109 cm³/mol. The van der Waals surface area contributed by atoms with Crippen molar-refractivity contribution in [2.24, 2.45) is 0 Å². The van der Waals surface area contributed by atoms with Crippen molar-refractivity contribution >= 4 is 27.4 Å². The predicted octanol–water partition coefficient (Wildman–Crippen LogP) is 0.562. The molecule has 1 N–H and O–H groups in total. The number of ketones is 1. The number of nitrogens with one attached hydrogen (secondary N) is 1. The number of ether oxygens (including phenoxy) is 1. The fourth-order valence-corrected chi connectivity index (χ4v) is 5.54. The molecule has 0 aliphatic carbocycles. The molecule has 2 aromatic rings. The van der Waals surface area contributed by atoms with Gasteiger partial charge in [0.15, 0.2) is 15.6 Å². The second kappa shape index (κ2) is 8.64. The van der Waals surface area contributed by atoms with Crippen molar-refractivity contribution in [1.82, 2.24) is 10.2 Å². The lowest BCUT2D eigenvalue weighted by Crippen LogP contribution is -2.54. The van der Waals surface area contributed by atoms with Gasteiger partial charge in [0.25, 0.3) is 5.91 Å². The number of sulfone groups is 1. The molecule has 9 nitrogen and oxygen atoms in total. The molecular formula is C21H22N2O7S. The molecule has 164 valence electrons. The molecule has 4 rings (SSSR count). The van der Waals surface area contributed by atoms with Crippen LogP contribution in [0.2, 0.25) is 0 Å². The van der Waals surface area contributed by atoms with Crippen LogP contribution >= 0.6 is 0 Å². The van der Waals surface area contributed by atoms with Crippen LogP contribution in [0.4, 0.5) is 0 Å². The molecule has 10 heteroatoms. The van der Waals surface area contributed by atoms with Gasteiger partial charge in [0.1, 0.15) is 25.0 Å². The number of hydrogen-bond donors (Lipinski definition) is 1. The molecule has 0 bridgehead atoms. The van der Waals surface area contributed by atoms with Crippen molar-refractivity contribution in [3.63, 3.8) is 0 Å². The van der Waals surface area contributed by atoms with Crippen LogP contribution in [-0.4, -0.2) is 68.0 Å². The van der Waals surface area contributed by atoms with E-state index in [-0.39, 0.29) is 36.4 Å². The van der Waals surface area contributed by atoms with Crippen LogP contribution < -0.4 is 5.32 Å². The molecule has 31 heavy (non-hydrogen) atoms. The van der Waals surface area contributed by atoms with E-state index >= 15 is 0 Å². The number of furan rings is 1. The van der Waals surface area contributed by atoms with Gasteiger partial charge in [-0.15, -0.1) is 0 Å². The van der Waals surface area contributed by atoms with Crippen molar-refractivity contribution in [2.45, 2.75) is 30.4 Å². The molecule has 0 radical (unpaired) electrons. The molecule has 3 unspecified atom stereocenters. The summed E-state index contributed by atoms with van der Waals surface area (Å²) in [5.74, 6) is -2.32. The molecule has 2 aliphatic heterocycles. The van der Waals surface area contributed by atoms with Crippen LogP contribution in [0.1, 0.15) is 22.3 Å². The third kappa shape index (κ3) is 4.70.